The van der Waals surface area contributed by atoms with Gasteiger partial charge in [0.1, 0.15) is 6.61 Å². The van der Waals surface area contributed by atoms with Gasteiger partial charge in [0.2, 0.25) is 0 Å². The standard InChI is InChI=1S/C10H10NO2/c1-2-13-11-10(8-12)9-6-4-3-5-7-9/h3-7H,2H2,1H3. The molecule has 1 aromatic carbocycles. The Morgan fingerprint density at radius 1 is 1.46 bits per heavy atom. The van der Waals surface area contributed by atoms with Crippen molar-refractivity contribution in [1.82, 2.24) is 0 Å². The maximum atomic E-state index is 10.5. The molecular formula is C10H10NO2. The first-order valence-corrected chi connectivity index (χ1v) is 4.02. The van der Waals surface area contributed by atoms with Gasteiger partial charge in [0, 0.05) is 5.56 Å². The normalized spacial score (nSPS) is 11.0. The van der Waals surface area contributed by atoms with Crippen LogP contribution < -0.4 is 0 Å². The molecule has 0 aromatic heterocycles. The maximum absolute atomic E-state index is 10.5. The van der Waals surface area contributed by atoms with Crippen LogP contribution in [0.5, 0.6) is 0 Å². The van der Waals surface area contributed by atoms with Crippen molar-refractivity contribution in [3.63, 3.8) is 0 Å². The van der Waals surface area contributed by atoms with Gasteiger partial charge in [-0.25, -0.2) is 0 Å². The number of rotatable bonds is 4. The minimum atomic E-state index is 0.197. The molecular weight excluding hydrogens is 166 g/mol. The molecule has 0 aliphatic rings. The van der Waals surface area contributed by atoms with Crippen LogP contribution in [-0.2, 0) is 9.63 Å². The molecule has 0 atom stereocenters. The molecule has 0 aliphatic heterocycles. The summed E-state index contributed by atoms with van der Waals surface area (Å²) in [4.78, 5) is 15.2. The highest BCUT2D eigenvalue weighted by Crippen LogP contribution is 1.99. The summed E-state index contributed by atoms with van der Waals surface area (Å²) in [5, 5.41) is 3.62. The van der Waals surface area contributed by atoms with Gasteiger partial charge < -0.3 is 4.84 Å². The van der Waals surface area contributed by atoms with Gasteiger partial charge >= 0.3 is 0 Å². The van der Waals surface area contributed by atoms with Crippen molar-refractivity contribution in [1.29, 1.82) is 0 Å². The first kappa shape index (κ1) is 9.45. The number of oxime groups is 1. The zero-order valence-electron chi connectivity index (χ0n) is 7.36. The molecule has 0 spiro atoms. The molecule has 0 N–H and O–H groups in total. The Labute approximate surface area is 77.0 Å². The molecule has 0 heterocycles. The van der Waals surface area contributed by atoms with E-state index in [4.69, 9.17) is 4.84 Å². The average molecular weight is 176 g/mol. The van der Waals surface area contributed by atoms with E-state index in [2.05, 4.69) is 5.16 Å². The fourth-order valence-electron chi connectivity index (χ4n) is 0.855. The van der Waals surface area contributed by atoms with Crippen molar-refractivity contribution in [3.8, 4) is 0 Å². The smallest absolute Gasteiger partial charge is 0.257 e. The number of hydrogen-bond acceptors (Lipinski definition) is 3. The number of hydrogen-bond donors (Lipinski definition) is 0. The van der Waals surface area contributed by atoms with Gasteiger partial charge in [0.25, 0.3) is 6.29 Å². The lowest BCUT2D eigenvalue weighted by Gasteiger charge is -1.97. The zero-order chi connectivity index (χ0) is 9.52. The predicted octanol–water partition coefficient (Wildman–Crippen LogP) is 1.54. The molecule has 0 fully saturated rings. The van der Waals surface area contributed by atoms with Crippen molar-refractivity contribution in [3.05, 3.63) is 35.9 Å². The largest absolute Gasteiger partial charge is 0.395 e. The average Bonchev–Trinajstić information content (AvgIpc) is 2.21. The molecule has 3 nitrogen and oxygen atoms in total. The van der Waals surface area contributed by atoms with E-state index in [0.29, 0.717) is 12.2 Å². The molecule has 1 radical (unpaired) electrons. The van der Waals surface area contributed by atoms with Gasteiger partial charge in [-0.1, -0.05) is 35.5 Å². The summed E-state index contributed by atoms with van der Waals surface area (Å²) < 4.78 is 0. The van der Waals surface area contributed by atoms with Crippen molar-refractivity contribution in [2.24, 2.45) is 5.16 Å². The third-order valence-corrected chi connectivity index (χ3v) is 1.43. The summed E-state index contributed by atoms with van der Waals surface area (Å²) in [6, 6.07) is 9.08. The Hall–Kier alpha value is -1.64. The van der Waals surface area contributed by atoms with E-state index in [9.17, 15) is 4.79 Å². The van der Waals surface area contributed by atoms with Crippen LogP contribution in [0.4, 0.5) is 0 Å². The lowest BCUT2D eigenvalue weighted by molar-refractivity contribution is 0.159. The highest BCUT2D eigenvalue weighted by atomic mass is 16.6. The first-order chi connectivity index (χ1) is 6.38. The quantitative estimate of drug-likeness (QED) is 0.515. The van der Waals surface area contributed by atoms with E-state index >= 15 is 0 Å². The summed E-state index contributed by atoms with van der Waals surface area (Å²) in [6.07, 6.45) is 1.73. The molecule has 3 heteroatoms. The predicted molar refractivity (Wildman–Crippen MR) is 50.3 cm³/mol. The van der Waals surface area contributed by atoms with Crippen LogP contribution in [-0.4, -0.2) is 18.6 Å². The first-order valence-electron chi connectivity index (χ1n) is 4.02. The van der Waals surface area contributed by atoms with Gasteiger partial charge in [-0.3, -0.25) is 4.79 Å². The lowest BCUT2D eigenvalue weighted by Crippen LogP contribution is -2.02. The van der Waals surface area contributed by atoms with Crippen LogP contribution in [0.1, 0.15) is 12.5 Å². The number of carbonyl (C=O) groups excluding carboxylic acids is 1. The molecule has 1 aromatic rings. The highest BCUT2D eigenvalue weighted by Gasteiger charge is 2.01. The van der Waals surface area contributed by atoms with Crippen molar-refractivity contribution in [2.45, 2.75) is 6.92 Å². The second-order valence-electron chi connectivity index (χ2n) is 2.33. The fourth-order valence-corrected chi connectivity index (χ4v) is 0.855. The summed E-state index contributed by atoms with van der Waals surface area (Å²) in [5.41, 5.74) is 0.911. The molecule has 0 unspecified atom stereocenters. The van der Waals surface area contributed by atoms with Crippen LogP contribution in [0.15, 0.2) is 35.5 Å². The molecule has 0 amide bonds. The Morgan fingerprint density at radius 3 is 2.69 bits per heavy atom. The van der Waals surface area contributed by atoms with Crippen LogP contribution in [0, 0.1) is 0 Å². The SMILES string of the molecule is CCON=C([C]=O)c1ccccc1. The lowest BCUT2D eigenvalue weighted by atomic mass is 10.1. The third-order valence-electron chi connectivity index (χ3n) is 1.43. The van der Waals surface area contributed by atoms with Crippen molar-refractivity contribution in [2.75, 3.05) is 6.61 Å². The monoisotopic (exact) mass is 176 g/mol. The van der Waals surface area contributed by atoms with E-state index in [1.54, 1.807) is 25.3 Å². The Balaban J connectivity index is 2.84. The second-order valence-corrected chi connectivity index (χ2v) is 2.33. The van der Waals surface area contributed by atoms with Gasteiger partial charge in [0.05, 0.1) is 0 Å². The molecule has 0 saturated carbocycles. The van der Waals surface area contributed by atoms with E-state index in [-0.39, 0.29) is 5.71 Å². The van der Waals surface area contributed by atoms with Crippen LogP contribution in [0.3, 0.4) is 0 Å². The minimum absolute atomic E-state index is 0.197. The Kier molecular flexibility index (Phi) is 3.70. The summed E-state index contributed by atoms with van der Waals surface area (Å²) in [7, 11) is 0. The topological polar surface area (TPSA) is 38.7 Å². The van der Waals surface area contributed by atoms with E-state index < -0.39 is 0 Å². The van der Waals surface area contributed by atoms with Crippen molar-refractivity contribution < 1.29 is 9.63 Å². The second kappa shape index (κ2) is 5.09. The summed E-state index contributed by atoms with van der Waals surface area (Å²) in [5.74, 6) is 0. The fraction of sp³-hybridized carbons (Fsp3) is 0.200. The molecule has 0 bridgehead atoms. The zero-order valence-corrected chi connectivity index (χ0v) is 7.36. The van der Waals surface area contributed by atoms with Crippen LogP contribution in [0.2, 0.25) is 0 Å². The van der Waals surface area contributed by atoms with Crippen LogP contribution >= 0.6 is 0 Å². The maximum Gasteiger partial charge on any atom is 0.257 e. The van der Waals surface area contributed by atoms with Crippen molar-refractivity contribution >= 4 is 12.0 Å². The summed E-state index contributed by atoms with van der Waals surface area (Å²) in [6.45, 7) is 2.24. The van der Waals surface area contributed by atoms with Gasteiger partial charge in [0.15, 0.2) is 5.71 Å². The van der Waals surface area contributed by atoms with Gasteiger partial charge in [-0.2, -0.15) is 0 Å². The third kappa shape index (κ3) is 2.71. The number of nitrogens with zero attached hydrogens (tertiary/aromatic N) is 1. The van der Waals surface area contributed by atoms with E-state index in [0.717, 1.165) is 0 Å². The Morgan fingerprint density at radius 2 is 2.15 bits per heavy atom. The van der Waals surface area contributed by atoms with E-state index in [1.165, 1.54) is 0 Å². The van der Waals surface area contributed by atoms with Gasteiger partial charge in [-0.15, -0.1) is 0 Å². The minimum Gasteiger partial charge on any atom is -0.395 e. The number of benzene rings is 1. The van der Waals surface area contributed by atoms with Crippen LogP contribution in [0.25, 0.3) is 0 Å². The molecule has 1 rings (SSSR count). The van der Waals surface area contributed by atoms with Gasteiger partial charge in [-0.05, 0) is 6.92 Å². The molecule has 67 valence electrons. The molecule has 0 aliphatic carbocycles. The Bertz CT molecular complexity index is 293. The summed E-state index contributed by atoms with van der Waals surface area (Å²) >= 11 is 0. The van der Waals surface area contributed by atoms with E-state index in [1.807, 2.05) is 18.2 Å². The molecule has 13 heavy (non-hydrogen) atoms. The highest BCUT2D eigenvalue weighted by molar-refractivity contribution is 6.36. The molecule has 0 saturated heterocycles.